The summed E-state index contributed by atoms with van der Waals surface area (Å²) in [6.45, 7) is 26.7. The van der Waals surface area contributed by atoms with E-state index in [4.69, 9.17) is 42.6 Å². The zero-order valence-electron chi connectivity index (χ0n) is 64.9. The second-order valence-corrected chi connectivity index (χ2v) is 37.6. The van der Waals surface area contributed by atoms with Gasteiger partial charge in [-0.2, -0.15) is 0 Å². The Bertz CT molecular complexity index is 2970. The van der Waals surface area contributed by atoms with E-state index in [2.05, 4.69) is 13.8 Å². The van der Waals surface area contributed by atoms with E-state index in [0.717, 1.165) is 114 Å². The van der Waals surface area contributed by atoms with Gasteiger partial charge in [0.05, 0.1) is 40.6 Å². The molecule has 0 N–H and O–H groups in total. The predicted molar refractivity (Wildman–Crippen MR) is 380 cm³/mol. The highest BCUT2D eigenvalue weighted by Gasteiger charge is 2.67. The first-order valence-corrected chi connectivity index (χ1v) is 41.0. The van der Waals surface area contributed by atoms with Crippen LogP contribution >= 0.6 is 0 Å². The Kier molecular flexibility index (Phi) is 24.4. The van der Waals surface area contributed by atoms with Crippen molar-refractivity contribution in [2.75, 3.05) is 26.6 Å². The van der Waals surface area contributed by atoms with Crippen molar-refractivity contribution in [2.45, 2.75) is 312 Å². The highest BCUT2D eigenvalue weighted by atomic mass is 16.7. The minimum absolute atomic E-state index is 0.0116. The molecule has 18 nitrogen and oxygen atoms in total. The summed E-state index contributed by atoms with van der Waals surface area (Å²) >= 11 is 0. The van der Waals surface area contributed by atoms with Crippen LogP contribution in [-0.2, 0) is 85.8 Å². The largest absolute Gasteiger partial charge is 0.465 e. The Labute approximate surface area is 609 Å². The maximum absolute atomic E-state index is 13.2. The van der Waals surface area contributed by atoms with Gasteiger partial charge in [-0.05, 0) is 323 Å². The summed E-state index contributed by atoms with van der Waals surface area (Å²) in [6.07, 6.45) is 30.0. The van der Waals surface area contributed by atoms with E-state index in [1.54, 1.807) is 0 Å². The molecule has 0 saturated heterocycles. The van der Waals surface area contributed by atoms with E-state index in [0.29, 0.717) is 89.6 Å². The number of carbonyl (C=O) groups excluding carboxylic acids is 9. The minimum Gasteiger partial charge on any atom is -0.465 e. The van der Waals surface area contributed by atoms with Crippen LogP contribution in [0.3, 0.4) is 0 Å². The second kappa shape index (κ2) is 31.7. The van der Waals surface area contributed by atoms with Crippen molar-refractivity contribution in [3.05, 3.63) is 0 Å². The number of carbonyl (C=O) groups is 9. The molecule has 14 unspecified atom stereocenters. The van der Waals surface area contributed by atoms with Crippen LogP contribution in [0.2, 0.25) is 0 Å². The van der Waals surface area contributed by atoms with Gasteiger partial charge in [-0.15, -0.1) is 0 Å². The molecule has 17 aliphatic rings. The first-order chi connectivity index (χ1) is 48.3. The van der Waals surface area contributed by atoms with Crippen LogP contribution in [0.15, 0.2) is 0 Å². The van der Waals surface area contributed by atoms with Crippen LogP contribution in [0.4, 0.5) is 0 Å². The van der Waals surface area contributed by atoms with Gasteiger partial charge in [-0.25, -0.2) is 9.59 Å². The van der Waals surface area contributed by atoms with Crippen molar-refractivity contribution >= 4 is 53.5 Å². The molecular weight excluding hydrogens is 1300 g/mol. The Hall–Kier alpha value is -4.61. The standard InChI is InChI=1S/C29H40O6.C20H32O4.C19H30O4.C16H28O4/c1-3-13(2)28(31)35-23-11-16-10-21(23)25-19-8-15(24(16)25)9-20(19)29(32)34-12-33-27-18-5-14-4-17(7-18)26(30)22(27)6-14;1-5-19(2,3)18(22)23-7-6-17(21)24-20(4)15-9-13-8-14(11-15)12-16(20)10-13;1-5-18(2,3)17(21)22-11-16(20)23-19(4)14-7-12-6-13(9-14)10-15(19)8-12;1-5-15(3,4)14(18)19-12-13(17)20-16(6-2)10-8-7-9-11-16/h13-25,27H,3-12H2,1-2H3;13-16H,5-12H2,1-4H3;12-15H,5-11H2,1-4H3;5-12H2,1-4H3. The van der Waals surface area contributed by atoms with E-state index < -0.39 is 22.2 Å². The number of fused-ring (bicyclic) bond motifs is 9. The summed E-state index contributed by atoms with van der Waals surface area (Å²) in [4.78, 5) is 111. The molecule has 17 aliphatic carbocycles. The van der Waals surface area contributed by atoms with Crippen LogP contribution in [0.5, 0.6) is 0 Å². The molecular formula is C84H130O18. The summed E-state index contributed by atoms with van der Waals surface area (Å²) in [6, 6.07) is 0. The maximum Gasteiger partial charge on any atom is 0.344 e. The minimum atomic E-state index is -0.549. The van der Waals surface area contributed by atoms with Gasteiger partial charge >= 0.3 is 47.8 Å². The van der Waals surface area contributed by atoms with Crippen molar-refractivity contribution in [3.8, 4) is 0 Å². The number of hydrogen-bond donors (Lipinski definition) is 0. The van der Waals surface area contributed by atoms with E-state index in [9.17, 15) is 43.2 Å². The first-order valence-electron chi connectivity index (χ1n) is 41.0. The fourth-order valence-electron chi connectivity index (χ4n) is 23.1. The van der Waals surface area contributed by atoms with Gasteiger partial charge in [0.15, 0.2) is 20.0 Å². The number of esters is 8. The molecule has 17 rings (SSSR count). The first kappa shape index (κ1) is 78.5. The molecule has 18 heteroatoms. The third kappa shape index (κ3) is 16.6. The maximum atomic E-state index is 13.2. The fraction of sp³-hybridized carbons (Fsp3) is 0.893. The lowest BCUT2D eigenvalue weighted by Crippen LogP contribution is -2.58. The van der Waals surface area contributed by atoms with Gasteiger partial charge in [0.1, 0.15) is 35.3 Å². The summed E-state index contributed by atoms with van der Waals surface area (Å²) < 4.78 is 50.8. The summed E-state index contributed by atoms with van der Waals surface area (Å²) in [7, 11) is 0. The van der Waals surface area contributed by atoms with Crippen LogP contribution in [0, 0.1) is 135 Å². The quantitative estimate of drug-likeness (QED) is 0.0378. The van der Waals surface area contributed by atoms with Crippen molar-refractivity contribution in [3.63, 3.8) is 0 Å². The monoisotopic (exact) mass is 1430 g/mol. The van der Waals surface area contributed by atoms with E-state index in [1.807, 2.05) is 83.1 Å². The zero-order chi connectivity index (χ0) is 73.6. The van der Waals surface area contributed by atoms with Crippen molar-refractivity contribution in [1.29, 1.82) is 0 Å². The van der Waals surface area contributed by atoms with Gasteiger partial charge in [0.2, 0.25) is 0 Å². The predicted octanol–water partition coefficient (Wildman–Crippen LogP) is 15.9. The molecule has 102 heavy (non-hydrogen) atoms. The number of Topliss-reactive ketones (excluding diaryl/α,β-unsaturated/α-hetero) is 1. The van der Waals surface area contributed by atoms with Gasteiger partial charge in [-0.3, -0.25) is 33.6 Å². The van der Waals surface area contributed by atoms with E-state index in [-0.39, 0.29) is 128 Å². The Balaban J connectivity index is 0.000000141. The molecule has 16 bridgehead atoms. The Morgan fingerprint density at radius 3 is 1.48 bits per heavy atom. The molecule has 0 radical (unpaired) electrons. The number of rotatable bonds is 24. The summed E-state index contributed by atoms with van der Waals surface area (Å²) in [5, 5.41) is 0. The molecule has 17 fully saturated rings. The lowest BCUT2D eigenvalue weighted by Gasteiger charge is -2.59. The third-order valence-corrected chi connectivity index (χ3v) is 30.3. The topological polar surface area (TPSA) is 237 Å². The third-order valence-electron chi connectivity index (χ3n) is 30.3. The van der Waals surface area contributed by atoms with Crippen molar-refractivity contribution in [2.24, 2.45) is 135 Å². The molecule has 14 atom stereocenters. The lowest BCUT2D eigenvalue weighted by molar-refractivity contribution is -0.208. The molecule has 574 valence electrons. The van der Waals surface area contributed by atoms with Gasteiger partial charge in [0.25, 0.3) is 0 Å². The normalized spacial score (nSPS) is 38.6. The molecule has 0 spiro atoms. The van der Waals surface area contributed by atoms with Gasteiger partial charge in [0, 0.05) is 11.8 Å². The average Bonchev–Trinajstić information content (AvgIpc) is 1.47. The highest BCUT2D eigenvalue weighted by Crippen LogP contribution is 2.70. The smallest absolute Gasteiger partial charge is 0.344 e. The molecule has 0 aromatic heterocycles. The second-order valence-electron chi connectivity index (χ2n) is 37.6. The number of ether oxygens (including phenoxy) is 9. The SMILES string of the molecule is CCC(C)(C)C(=O)OCC(=O)OC1(C)C2CC3CC(C2)CC1C3.CCC(C)(C)C(=O)OCCC(=O)OC1(C)C2CC3CC(C2)CC1C3.CCC(C)C(=O)OC1CC2CC1C1C3CC(CC3C(=O)OCOC3C4CC5CC(C4)C(=O)C3C5)C21.CCC1(OC(=O)COC(=O)C(C)(C)CC)CCCCC1. The molecule has 17 saturated carbocycles. The van der Waals surface area contributed by atoms with Gasteiger partial charge in [-0.1, -0.05) is 48.0 Å². The molecule has 0 aromatic rings. The van der Waals surface area contributed by atoms with Crippen LogP contribution in [0.1, 0.15) is 283 Å². The summed E-state index contributed by atoms with van der Waals surface area (Å²) in [5.41, 5.74) is -2.56. The van der Waals surface area contributed by atoms with Crippen LogP contribution < -0.4 is 0 Å². The van der Waals surface area contributed by atoms with Crippen molar-refractivity contribution in [1.82, 2.24) is 0 Å². The Morgan fingerprint density at radius 2 is 0.971 bits per heavy atom. The average molecular weight is 1430 g/mol. The molecule has 0 aromatic carbocycles. The van der Waals surface area contributed by atoms with Crippen LogP contribution in [-0.4, -0.2) is 109 Å². The Morgan fingerprint density at radius 1 is 0.490 bits per heavy atom. The molecule has 0 aliphatic heterocycles. The zero-order valence-corrected chi connectivity index (χ0v) is 64.9. The van der Waals surface area contributed by atoms with Crippen molar-refractivity contribution < 1.29 is 85.8 Å². The lowest BCUT2D eigenvalue weighted by atomic mass is 9.50. The fourth-order valence-corrected chi connectivity index (χ4v) is 23.1. The van der Waals surface area contributed by atoms with E-state index in [1.165, 1.54) is 77.0 Å². The van der Waals surface area contributed by atoms with Crippen LogP contribution in [0.25, 0.3) is 0 Å². The molecule has 0 heterocycles. The summed E-state index contributed by atoms with van der Waals surface area (Å²) in [5.74, 6) is 8.35. The number of hydrogen-bond acceptors (Lipinski definition) is 18. The highest BCUT2D eigenvalue weighted by molar-refractivity contribution is 5.86. The van der Waals surface area contributed by atoms with E-state index >= 15 is 0 Å². The molecule has 0 amide bonds. The van der Waals surface area contributed by atoms with Gasteiger partial charge < -0.3 is 42.6 Å². The number of ketones is 1.